The van der Waals surface area contributed by atoms with E-state index in [1.807, 2.05) is 24.3 Å². The summed E-state index contributed by atoms with van der Waals surface area (Å²) in [7, 11) is 0. The van der Waals surface area contributed by atoms with Crippen LogP contribution in [0.1, 0.15) is 13.8 Å². The molecule has 0 bridgehead atoms. The van der Waals surface area contributed by atoms with Crippen molar-refractivity contribution in [3.05, 3.63) is 28.7 Å². The van der Waals surface area contributed by atoms with Gasteiger partial charge in [-0.25, -0.2) is 0 Å². The van der Waals surface area contributed by atoms with Gasteiger partial charge in [0, 0.05) is 11.4 Å². The fourth-order valence-corrected chi connectivity index (χ4v) is 1.33. The number of rotatable bonds is 4. The van der Waals surface area contributed by atoms with Gasteiger partial charge in [0.1, 0.15) is 18.5 Å². The second-order valence-corrected chi connectivity index (χ2v) is 4.10. The van der Waals surface area contributed by atoms with Gasteiger partial charge in [-0.05, 0) is 31.2 Å². The van der Waals surface area contributed by atoms with Crippen molar-refractivity contribution >= 4 is 21.9 Å². The van der Waals surface area contributed by atoms with Gasteiger partial charge >= 0.3 is 5.97 Å². The molecule has 0 aliphatic carbocycles. The topological polar surface area (TPSA) is 35.5 Å². The number of carbonyl (C=O) groups excluding carboxylic acids is 1. The van der Waals surface area contributed by atoms with Crippen LogP contribution in [0.15, 0.2) is 28.7 Å². The van der Waals surface area contributed by atoms with Crippen LogP contribution >= 0.6 is 15.9 Å². The van der Waals surface area contributed by atoms with E-state index in [4.69, 9.17) is 9.47 Å². The van der Waals surface area contributed by atoms with Gasteiger partial charge in [0.15, 0.2) is 0 Å². The second kappa shape index (κ2) is 5.75. The number of hydrogen-bond acceptors (Lipinski definition) is 3. The molecule has 4 heteroatoms. The standard InChI is InChI=1S/C11H13BrO3/c1-8(15-9(2)13)7-14-11-5-3-10(12)4-6-11/h3-6,8H,7H2,1-2H3. The summed E-state index contributed by atoms with van der Waals surface area (Å²) in [5, 5.41) is 0. The normalized spacial score (nSPS) is 11.9. The largest absolute Gasteiger partial charge is 0.490 e. The minimum absolute atomic E-state index is 0.230. The molecule has 0 aromatic heterocycles. The number of benzene rings is 1. The molecule has 0 amide bonds. The third-order valence-corrected chi connectivity index (χ3v) is 2.19. The highest BCUT2D eigenvalue weighted by molar-refractivity contribution is 9.10. The molecule has 3 nitrogen and oxygen atoms in total. The summed E-state index contributed by atoms with van der Waals surface area (Å²) in [6, 6.07) is 7.49. The number of esters is 1. The van der Waals surface area contributed by atoms with Crippen LogP contribution in [-0.2, 0) is 9.53 Å². The molecule has 0 N–H and O–H groups in total. The Balaban J connectivity index is 2.36. The van der Waals surface area contributed by atoms with Crippen molar-refractivity contribution in [3.63, 3.8) is 0 Å². The maximum atomic E-state index is 10.6. The highest BCUT2D eigenvalue weighted by Crippen LogP contribution is 2.16. The van der Waals surface area contributed by atoms with Crippen molar-refractivity contribution in [1.29, 1.82) is 0 Å². The van der Waals surface area contributed by atoms with Crippen LogP contribution in [0.25, 0.3) is 0 Å². The van der Waals surface area contributed by atoms with E-state index in [0.717, 1.165) is 10.2 Å². The van der Waals surface area contributed by atoms with E-state index in [2.05, 4.69) is 15.9 Å². The molecule has 0 saturated carbocycles. The Morgan fingerprint density at radius 1 is 1.40 bits per heavy atom. The summed E-state index contributed by atoms with van der Waals surface area (Å²) in [6.07, 6.45) is -0.230. The molecule has 1 atom stereocenters. The summed E-state index contributed by atoms with van der Waals surface area (Å²) in [6.45, 7) is 3.54. The summed E-state index contributed by atoms with van der Waals surface area (Å²) in [5.41, 5.74) is 0. The van der Waals surface area contributed by atoms with E-state index in [1.165, 1.54) is 6.92 Å². The molecule has 0 heterocycles. The third kappa shape index (κ3) is 4.83. The highest BCUT2D eigenvalue weighted by atomic mass is 79.9. The number of hydrogen-bond donors (Lipinski definition) is 0. The Hall–Kier alpha value is -1.03. The molecular weight excluding hydrogens is 260 g/mol. The van der Waals surface area contributed by atoms with E-state index in [1.54, 1.807) is 6.92 Å². The van der Waals surface area contributed by atoms with Crippen molar-refractivity contribution < 1.29 is 14.3 Å². The molecule has 82 valence electrons. The number of ether oxygens (including phenoxy) is 2. The van der Waals surface area contributed by atoms with Crippen molar-refractivity contribution in [3.8, 4) is 5.75 Å². The average molecular weight is 273 g/mol. The monoisotopic (exact) mass is 272 g/mol. The lowest BCUT2D eigenvalue weighted by Crippen LogP contribution is -2.20. The van der Waals surface area contributed by atoms with E-state index in [-0.39, 0.29) is 12.1 Å². The van der Waals surface area contributed by atoms with Crippen molar-refractivity contribution in [2.45, 2.75) is 20.0 Å². The Morgan fingerprint density at radius 2 is 2.00 bits per heavy atom. The van der Waals surface area contributed by atoms with Crippen LogP contribution in [0.3, 0.4) is 0 Å². The van der Waals surface area contributed by atoms with Crippen LogP contribution in [0.4, 0.5) is 0 Å². The predicted octanol–water partition coefficient (Wildman–Crippen LogP) is 2.78. The fourth-order valence-electron chi connectivity index (χ4n) is 1.06. The molecular formula is C11H13BrO3. The molecule has 1 aromatic rings. The first-order valence-corrected chi connectivity index (χ1v) is 5.43. The summed E-state index contributed by atoms with van der Waals surface area (Å²) < 4.78 is 11.4. The van der Waals surface area contributed by atoms with Gasteiger partial charge in [-0.15, -0.1) is 0 Å². The molecule has 1 rings (SSSR count). The van der Waals surface area contributed by atoms with Crippen LogP contribution in [0.5, 0.6) is 5.75 Å². The summed E-state index contributed by atoms with van der Waals surface area (Å²) >= 11 is 3.33. The van der Waals surface area contributed by atoms with Crippen molar-refractivity contribution in [2.24, 2.45) is 0 Å². The van der Waals surface area contributed by atoms with E-state index in [9.17, 15) is 4.79 Å². The molecule has 0 aliphatic rings. The lowest BCUT2D eigenvalue weighted by atomic mass is 10.3. The molecule has 0 aliphatic heterocycles. The van der Waals surface area contributed by atoms with Crippen LogP contribution in [0.2, 0.25) is 0 Å². The maximum Gasteiger partial charge on any atom is 0.303 e. The number of carbonyl (C=O) groups is 1. The zero-order valence-corrected chi connectivity index (χ0v) is 10.3. The smallest absolute Gasteiger partial charge is 0.303 e. The minimum atomic E-state index is -0.290. The van der Waals surface area contributed by atoms with Crippen LogP contribution in [-0.4, -0.2) is 18.7 Å². The van der Waals surface area contributed by atoms with E-state index in [0.29, 0.717) is 6.61 Å². The fraction of sp³-hybridized carbons (Fsp3) is 0.364. The molecule has 0 radical (unpaired) electrons. The van der Waals surface area contributed by atoms with Gasteiger partial charge in [0.2, 0.25) is 0 Å². The first-order valence-electron chi connectivity index (χ1n) is 4.63. The third-order valence-electron chi connectivity index (χ3n) is 1.67. The lowest BCUT2D eigenvalue weighted by molar-refractivity contribution is -0.146. The Kier molecular flexibility index (Phi) is 4.62. The van der Waals surface area contributed by atoms with Gasteiger partial charge < -0.3 is 9.47 Å². The molecule has 0 fully saturated rings. The van der Waals surface area contributed by atoms with Gasteiger partial charge in [-0.2, -0.15) is 0 Å². The zero-order chi connectivity index (χ0) is 11.3. The van der Waals surface area contributed by atoms with Gasteiger partial charge in [0.05, 0.1) is 0 Å². The molecule has 15 heavy (non-hydrogen) atoms. The first kappa shape index (κ1) is 12.0. The molecule has 1 aromatic carbocycles. The van der Waals surface area contributed by atoms with Gasteiger partial charge in [-0.1, -0.05) is 15.9 Å². The lowest BCUT2D eigenvalue weighted by Gasteiger charge is -2.12. The van der Waals surface area contributed by atoms with Gasteiger partial charge in [-0.3, -0.25) is 4.79 Å². The Bertz CT molecular complexity index is 321. The van der Waals surface area contributed by atoms with Crippen molar-refractivity contribution in [2.75, 3.05) is 6.61 Å². The Labute approximate surface area is 97.5 Å². The summed E-state index contributed by atoms with van der Waals surface area (Å²) in [5.74, 6) is 0.471. The van der Waals surface area contributed by atoms with Crippen LogP contribution in [0, 0.1) is 0 Å². The first-order chi connectivity index (χ1) is 7.08. The molecule has 0 spiro atoms. The molecule has 1 unspecified atom stereocenters. The average Bonchev–Trinajstić information content (AvgIpc) is 2.16. The maximum absolute atomic E-state index is 10.6. The molecule has 0 saturated heterocycles. The van der Waals surface area contributed by atoms with E-state index >= 15 is 0 Å². The minimum Gasteiger partial charge on any atom is -0.490 e. The van der Waals surface area contributed by atoms with Crippen molar-refractivity contribution in [1.82, 2.24) is 0 Å². The Morgan fingerprint density at radius 3 is 2.53 bits per heavy atom. The summed E-state index contributed by atoms with van der Waals surface area (Å²) in [4.78, 5) is 10.6. The number of halogens is 1. The quantitative estimate of drug-likeness (QED) is 0.791. The second-order valence-electron chi connectivity index (χ2n) is 3.18. The van der Waals surface area contributed by atoms with Gasteiger partial charge in [0.25, 0.3) is 0 Å². The zero-order valence-electron chi connectivity index (χ0n) is 8.70. The highest BCUT2D eigenvalue weighted by Gasteiger charge is 2.05. The van der Waals surface area contributed by atoms with E-state index < -0.39 is 0 Å². The predicted molar refractivity (Wildman–Crippen MR) is 60.9 cm³/mol. The van der Waals surface area contributed by atoms with Crippen LogP contribution < -0.4 is 4.74 Å². The SMILES string of the molecule is CC(=O)OC(C)COc1ccc(Br)cc1.